The Morgan fingerprint density at radius 2 is 1.87 bits per heavy atom. The maximum atomic E-state index is 11.6. The van der Waals surface area contributed by atoms with Crippen LogP contribution in [-0.2, 0) is 19.1 Å². The standard InChI is InChI=1S/C11H20O4/c1-5-6-15-7-9(12)10(8(2)3)11(13)14-4/h8,10H,5-7H2,1-4H3. The van der Waals surface area contributed by atoms with Gasteiger partial charge in [-0.3, -0.25) is 9.59 Å². The summed E-state index contributed by atoms with van der Waals surface area (Å²) in [5.41, 5.74) is 0. The third-order valence-corrected chi connectivity index (χ3v) is 2.06. The Morgan fingerprint density at radius 3 is 2.27 bits per heavy atom. The Labute approximate surface area is 90.9 Å². The van der Waals surface area contributed by atoms with E-state index in [0.717, 1.165) is 6.42 Å². The van der Waals surface area contributed by atoms with Gasteiger partial charge in [-0.15, -0.1) is 0 Å². The zero-order valence-electron chi connectivity index (χ0n) is 9.91. The average molecular weight is 216 g/mol. The number of hydrogen-bond acceptors (Lipinski definition) is 4. The van der Waals surface area contributed by atoms with Crippen LogP contribution in [0.25, 0.3) is 0 Å². The summed E-state index contributed by atoms with van der Waals surface area (Å²) in [4.78, 5) is 23.0. The van der Waals surface area contributed by atoms with E-state index in [4.69, 9.17) is 4.74 Å². The highest BCUT2D eigenvalue weighted by molar-refractivity contribution is 5.99. The molecule has 15 heavy (non-hydrogen) atoms. The molecule has 0 aliphatic heterocycles. The predicted molar refractivity (Wildman–Crippen MR) is 56.5 cm³/mol. The number of ether oxygens (including phenoxy) is 2. The quantitative estimate of drug-likeness (QED) is 0.367. The van der Waals surface area contributed by atoms with Crippen molar-refractivity contribution in [2.75, 3.05) is 20.3 Å². The minimum absolute atomic E-state index is 0.00815. The van der Waals surface area contributed by atoms with E-state index in [1.54, 1.807) is 0 Å². The molecule has 1 atom stereocenters. The van der Waals surface area contributed by atoms with Crippen LogP contribution in [0.3, 0.4) is 0 Å². The van der Waals surface area contributed by atoms with Gasteiger partial charge in [-0.05, 0) is 12.3 Å². The molecule has 0 aromatic heterocycles. The number of carbonyl (C=O) groups is 2. The maximum Gasteiger partial charge on any atom is 0.316 e. The van der Waals surface area contributed by atoms with Crippen molar-refractivity contribution in [1.29, 1.82) is 0 Å². The SMILES string of the molecule is CCCOCC(=O)C(C(=O)OC)C(C)C. The van der Waals surface area contributed by atoms with E-state index in [0.29, 0.717) is 6.61 Å². The van der Waals surface area contributed by atoms with Gasteiger partial charge in [0.25, 0.3) is 0 Å². The summed E-state index contributed by atoms with van der Waals surface area (Å²) in [7, 11) is 1.29. The van der Waals surface area contributed by atoms with Crippen LogP contribution in [0.15, 0.2) is 0 Å². The van der Waals surface area contributed by atoms with Gasteiger partial charge in [0, 0.05) is 6.61 Å². The first-order valence-corrected chi connectivity index (χ1v) is 5.22. The monoisotopic (exact) mass is 216 g/mol. The predicted octanol–water partition coefficient (Wildman–Crippen LogP) is 1.43. The van der Waals surface area contributed by atoms with Crippen molar-refractivity contribution in [3.8, 4) is 0 Å². The molecule has 4 heteroatoms. The van der Waals surface area contributed by atoms with Crippen molar-refractivity contribution in [3.05, 3.63) is 0 Å². The molecule has 0 fully saturated rings. The largest absolute Gasteiger partial charge is 0.468 e. The highest BCUT2D eigenvalue weighted by Gasteiger charge is 2.30. The van der Waals surface area contributed by atoms with Gasteiger partial charge in [0.15, 0.2) is 5.78 Å². The first-order valence-electron chi connectivity index (χ1n) is 5.22. The highest BCUT2D eigenvalue weighted by Crippen LogP contribution is 2.14. The van der Waals surface area contributed by atoms with Crippen LogP contribution in [0.2, 0.25) is 0 Å². The molecule has 1 unspecified atom stereocenters. The number of hydrogen-bond donors (Lipinski definition) is 0. The van der Waals surface area contributed by atoms with Gasteiger partial charge in [-0.25, -0.2) is 0 Å². The average Bonchev–Trinajstić information content (AvgIpc) is 2.17. The molecule has 4 nitrogen and oxygen atoms in total. The van der Waals surface area contributed by atoms with Crippen LogP contribution in [-0.4, -0.2) is 32.1 Å². The van der Waals surface area contributed by atoms with E-state index in [1.807, 2.05) is 20.8 Å². The molecular weight excluding hydrogens is 196 g/mol. The van der Waals surface area contributed by atoms with Gasteiger partial charge in [-0.2, -0.15) is 0 Å². The van der Waals surface area contributed by atoms with Gasteiger partial charge >= 0.3 is 5.97 Å². The molecule has 0 bridgehead atoms. The fraction of sp³-hybridized carbons (Fsp3) is 0.818. The Balaban J connectivity index is 4.24. The van der Waals surface area contributed by atoms with E-state index in [-0.39, 0.29) is 18.3 Å². The highest BCUT2D eigenvalue weighted by atomic mass is 16.5. The lowest BCUT2D eigenvalue weighted by Gasteiger charge is -2.16. The number of methoxy groups -OCH3 is 1. The van der Waals surface area contributed by atoms with Crippen LogP contribution in [0.5, 0.6) is 0 Å². The summed E-state index contributed by atoms with van der Waals surface area (Å²) in [6.45, 7) is 6.13. The van der Waals surface area contributed by atoms with Gasteiger partial charge in [0.1, 0.15) is 12.5 Å². The molecule has 0 saturated heterocycles. The zero-order chi connectivity index (χ0) is 11.8. The second-order valence-electron chi connectivity index (χ2n) is 3.76. The fourth-order valence-electron chi connectivity index (χ4n) is 1.31. The molecule has 0 aliphatic carbocycles. The molecule has 0 aromatic carbocycles. The van der Waals surface area contributed by atoms with Crippen molar-refractivity contribution in [2.24, 2.45) is 11.8 Å². The molecule has 88 valence electrons. The van der Waals surface area contributed by atoms with Crippen LogP contribution >= 0.6 is 0 Å². The molecule has 0 spiro atoms. The first kappa shape index (κ1) is 14.1. The number of carbonyl (C=O) groups excluding carboxylic acids is 2. The molecular formula is C11H20O4. The lowest BCUT2D eigenvalue weighted by Crippen LogP contribution is -2.32. The number of esters is 1. The fourth-order valence-corrected chi connectivity index (χ4v) is 1.31. The zero-order valence-corrected chi connectivity index (χ0v) is 9.91. The van der Waals surface area contributed by atoms with Gasteiger partial charge in [-0.1, -0.05) is 20.8 Å². The van der Waals surface area contributed by atoms with Crippen molar-refractivity contribution in [3.63, 3.8) is 0 Å². The molecule has 0 amide bonds. The summed E-state index contributed by atoms with van der Waals surface area (Å²) >= 11 is 0. The van der Waals surface area contributed by atoms with Crippen molar-refractivity contribution < 1.29 is 19.1 Å². The van der Waals surface area contributed by atoms with Crippen LogP contribution in [0.4, 0.5) is 0 Å². The second-order valence-corrected chi connectivity index (χ2v) is 3.76. The molecule has 0 saturated carbocycles. The normalized spacial score (nSPS) is 12.6. The number of rotatable bonds is 7. The molecule has 0 heterocycles. The van der Waals surface area contributed by atoms with Crippen LogP contribution in [0, 0.1) is 11.8 Å². The minimum Gasteiger partial charge on any atom is -0.468 e. The lowest BCUT2D eigenvalue weighted by atomic mass is 9.92. The molecule has 0 N–H and O–H groups in total. The van der Waals surface area contributed by atoms with E-state index in [9.17, 15) is 9.59 Å². The molecule has 0 aliphatic rings. The maximum absolute atomic E-state index is 11.6. The van der Waals surface area contributed by atoms with Gasteiger partial charge < -0.3 is 9.47 Å². The summed E-state index contributed by atoms with van der Waals surface area (Å²) < 4.78 is 9.70. The summed E-state index contributed by atoms with van der Waals surface area (Å²) in [6, 6.07) is 0. The molecule has 0 aromatic rings. The smallest absolute Gasteiger partial charge is 0.316 e. The topological polar surface area (TPSA) is 52.6 Å². The second kappa shape index (κ2) is 7.40. The van der Waals surface area contributed by atoms with Crippen LogP contribution in [0.1, 0.15) is 27.2 Å². The van der Waals surface area contributed by atoms with E-state index >= 15 is 0 Å². The Kier molecular flexibility index (Phi) is 6.96. The first-order chi connectivity index (χ1) is 7.04. The lowest BCUT2D eigenvalue weighted by molar-refractivity contribution is -0.152. The summed E-state index contributed by atoms with van der Waals surface area (Å²) in [5.74, 6) is -1.44. The summed E-state index contributed by atoms with van der Waals surface area (Å²) in [6.07, 6.45) is 0.859. The van der Waals surface area contributed by atoms with Gasteiger partial charge in [0.05, 0.1) is 7.11 Å². The molecule has 0 rings (SSSR count). The third kappa shape index (κ3) is 4.93. The number of ketones is 1. The van der Waals surface area contributed by atoms with Crippen molar-refractivity contribution in [2.45, 2.75) is 27.2 Å². The minimum atomic E-state index is -0.702. The third-order valence-electron chi connectivity index (χ3n) is 2.06. The van der Waals surface area contributed by atoms with E-state index in [1.165, 1.54) is 7.11 Å². The Hall–Kier alpha value is -0.900. The number of Topliss-reactive ketones (excluding diaryl/α,β-unsaturated/α-hetero) is 1. The van der Waals surface area contributed by atoms with E-state index < -0.39 is 11.9 Å². The molecule has 0 radical (unpaired) electrons. The Bertz CT molecular complexity index is 211. The Morgan fingerprint density at radius 1 is 1.27 bits per heavy atom. The van der Waals surface area contributed by atoms with Gasteiger partial charge in [0.2, 0.25) is 0 Å². The summed E-state index contributed by atoms with van der Waals surface area (Å²) in [5, 5.41) is 0. The van der Waals surface area contributed by atoms with Crippen LogP contribution < -0.4 is 0 Å². The van der Waals surface area contributed by atoms with Crippen molar-refractivity contribution in [1.82, 2.24) is 0 Å². The van der Waals surface area contributed by atoms with E-state index in [2.05, 4.69) is 4.74 Å². The van der Waals surface area contributed by atoms with Crippen molar-refractivity contribution >= 4 is 11.8 Å².